The summed E-state index contributed by atoms with van der Waals surface area (Å²) in [4.78, 5) is 12.7. The van der Waals surface area contributed by atoms with Gasteiger partial charge in [0.2, 0.25) is 5.91 Å². The Hall–Kier alpha value is -2.35. The lowest BCUT2D eigenvalue weighted by Gasteiger charge is -2.24. The number of nitrogens with one attached hydrogen (secondary N) is 1. The van der Waals surface area contributed by atoms with E-state index in [1.54, 1.807) is 60.7 Å². The SMILES string of the molecule is Cc1ccc(S(=O)(=O)N(CC(=O)Nc2ccc(Br)cc2)c2ccc(Cl)cc2)cc1. The first kappa shape index (κ1) is 21.4. The third-order valence-electron chi connectivity index (χ3n) is 4.14. The second-order valence-corrected chi connectivity index (χ2v) is 9.57. The van der Waals surface area contributed by atoms with Crippen LogP contribution in [0.3, 0.4) is 0 Å². The molecular formula is C21H18BrClN2O3S. The van der Waals surface area contributed by atoms with Crippen molar-refractivity contribution in [3.63, 3.8) is 0 Å². The zero-order chi connectivity index (χ0) is 21.0. The largest absolute Gasteiger partial charge is 0.325 e. The summed E-state index contributed by atoms with van der Waals surface area (Å²) < 4.78 is 28.5. The van der Waals surface area contributed by atoms with Crippen LogP contribution in [0.15, 0.2) is 82.2 Å². The molecule has 0 aromatic heterocycles. The maximum Gasteiger partial charge on any atom is 0.264 e. The highest BCUT2D eigenvalue weighted by molar-refractivity contribution is 9.10. The molecule has 150 valence electrons. The Morgan fingerprint density at radius 1 is 0.966 bits per heavy atom. The fraction of sp³-hybridized carbons (Fsp3) is 0.0952. The Kier molecular flexibility index (Phi) is 6.62. The minimum Gasteiger partial charge on any atom is -0.325 e. The molecule has 29 heavy (non-hydrogen) atoms. The molecule has 0 spiro atoms. The van der Waals surface area contributed by atoms with Crippen molar-refractivity contribution in [1.82, 2.24) is 0 Å². The number of sulfonamides is 1. The summed E-state index contributed by atoms with van der Waals surface area (Å²) in [6.45, 7) is 1.49. The van der Waals surface area contributed by atoms with E-state index in [9.17, 15) is 13.2 Å². The summed E-state index contributed by atoms with van der Waals surface area (Å²) in [7, 11) is -3.96. The summed E-state index contributed by atoms with van der Waals surface area (Å²) in [6.07, 6.45) is 0. The monoisotopic (exact) mass is 492 g/mol. The van der Waals surface area contributed by atoms with Gasteiger partial charge < -0.3 is 5.32 Å². The van der Waals surface area contributed by atoms with Gasteiger partial charge in [0.1, 0.15) is 6.54 Å². The first-order valence-electron chi connectivity index (χ1n) is 8.66. The highest BCUT2D eigenvalue weighted by atomic mass is 79.9. The Labute approximate surface area is 183 Å². The topological polar surface area (TPSA) is 66.5 Å². The summed E-state index contributed by atoms with van der Waals surface area (Å²) in [5, 5.41) is 3.19. The first-order chi connectivity index (χ1) is 13.8. The van der Waals surface area contributed by atoms with Crippen LogP contribution < -0.4 is 9.62 Å². The molecule has 0 aliphatic heterocycles. The lowest BCUT2D eigenvalue weighted by Crippen LogP contribution is -2.38. The molecule has 0 aliphatic carbocycles. The predicted octanol–water partition coefficient (Wildman–Crippen LogP) is 5.24. The van der Waals surface area contributed by atoms with E-state index in [4.69, 9.17) is 11.6 Å². The Morgan fingerprint density at radius 2 is 1.55 bits per heavy atom. The molecule has 3 aromatic carbocycles. The van der Waals surface area contributed by atoms with Gasteiger partial charge in [-0.15, -0.1) is 0 Å². The number of hydrogen-bond acceptors (Lipinski definition) is 3. The number of nitrogens with zero attached hydrogens (tertiary/aromatic N) is 1. The highest BCUT2D eigenvalue weighted by Gasteiger charge is 2.27. The molecule has 1 amide bonds. The highest BCUT2D eigenvalue weighted by Crippen LogP contribution is 2.25. The van der Waals surface area contributed by atoms with Gasteiger partial charge >= 0.3 is 0 Å². The van der Waals surface area contributed by atoms with Gasteiger partial charge in [-0.3, -0.25) is 9.10 Å². The fourth-order valence-corrected chi connectivity index (χ4v) is 4.44. The molecule has 0 radical (unpaired) electrons. The number of amides is 1. The second-order valence-electron chi connectivity index (χ2n) is 6.36. The number of anilines is 2. The van der Waals surface area contributed by atoms with Crippen molar-refractivity contribution in [2.75, 3.05) is 16.2 Å². The number of rotatable bonds is 6. The zero-order valence-corrected chi connectivity index (χ0v) is 18.6. The van der Waals surface area contributed by atoms with E-state index in [0.717, 1.165) is 14.3 Å². The van der Waals surface area contributed by atoms with Crippen LogP contribution in [-0.2, 0) is 14.8 Å². The molecular weight excluding hydrogens is 476 g/mol. The Morgan fingerprint density at radius 3 is 2.14 bits per heavy atom. The van der Waals surface area contributed by atoms with Crippen LogP contribution in [0.2, 0.25) is 5.02 Å². The zero-order valence-electron chi connectivity index (χ0n) is 15.5. The molecule has 0 unspecified atom stereocenters. The van der Waals surface area contributed by atoms with E-state index >= 15 is 0 Å². The minimum absolute atomic E-state index is 0.106. The average Bonchev–Trinajstić information content (AvgIpc) is 2.69. The smallest absolute Gasteiger partial charge is 0.264 e. The number of halogens is 2. The fourth-order valence-electron chi connectivity index (χ4n) is 2.62. The number of aryl methyl sites for hydroxylation is 1. The predicted molar refractivity (Wildman–Crippen MR) is 120 cm³/mol. The average molecular weight is 494 g/mol. The molecule has 0 saturated heterocycles. The molecule has 0 aliphatic rings. The van der Waals surface area contributed by atoms with Crippen LogP contribution >= 0.6 is 27.5 Å². The van der Waals surface area contributed by atoms with Gasteiger partial charge in [0.25, 0.3) is 10.0 Å². The number of carbonyl (C=O) groups is 1. The summed E-state index contributed by atoms with van der Waals surface area (Å²) in [5.74, 6) is -0.460. The number of hydrogen-bond donors (Lipinski definition) is 1. The quantitative estimate of drug-likeness (QED) is 0.510. The van der Waals surface area contributed by atoms with Gasteiger partial charge in [0.05, 0.1) is 10.6 Å². The second kappa shape index (κ2) is 8.98. The number of carbonyl (C=O) groups excluding carboxylic acids is 1. The Bertz CT molecular complexity index is 1100. The van der Waals surface area contributed by atoms with Crippen LogP contribution in [0.4, 0.5) is 11.4 Å². The normalized spacial score (nSPS) is 11.1. The van der Waals surface area contributed by atoms with Crippen molar-refractivity contribution in [2.45, 2.75) is 11.8 Å². The van der Waals surface area contributed by atoms with Crippen LogP contribution in [0.25, 0.3) is 0 Å². The van der Waals surface area contributed by atoms with Crippen molar-refractivity contribution in [3.8, 4) is 0 Å². The molecule has 0 atom stereocenters. The molecule has 3 aromatic rings. The lowest BCUT2D eigenvalue weighted by molar-refractivity contribution is -0.114. The van der Waals surface area contributed by atoms with Crippen molar-refractivity contribution in [1.29, 1.82) is 0 Å². The molecule has 0 heterocycles. The molecule has 3 rings (SSSR count). The van der Waals surface area contributed by atoms with Gasteiger partial charge in [0, 0.05) is 15.2 Å². The molecule has 8 heteroatoms. The minimum atomic E-state index is -3.96. The van der Waals surface area contributed by atoms with Crippen LogP contribution in [0.5, 0.6) is 0 Å². The van der Waals surface area contributed by atoms with Crippen molar-refractivity contribution < 1.29 is 13.2 Å². The molecule has 0 bridgehead atoms. The van der Waals surface area contributed by atoms with E-state index in [2.05, 4.69) is 21.2 Å². The molecule has 1 N–H and O–H groups in total. The first-order valence-corrected chi connectivity index (χ1v) is 11.3. The third kappa shape index (κ3) is 5.38. The van der Waals surface area contributed by atoms with E-state index in [-0.39, 0.29) is 11.4 Å². The van der Waals surface area contributed by atoms with Crippen molar-refractivity contribution in [2.24, 2.45) is 0 Å². The van der Waals surface area contributed by atoms with E-state index < -0.39 is 15.9 Å². The summed E-state index contributed by atoms with van der Waals surface area (Å²) in [6, 6.07) is 19.8. The van der Waals surface area contributed by atoms with Gasteiger partial charge in [-0.1, -0.05) is 45.2 Å². The molecule has 0 fully saturated rings. The van der Waals surface area contributed by atoms with Gasteiger partial charge in [0.15, 0.2) is 0 Å². The third-order valence-corrected chi connectivity index (χ3v) is 6.71. The summed E-state index contributed by atoms with van der Waals surface area (Å²) in [5.41, 5.74) is 1.86. The lowest BCUT2D eigenvalue weighted by atomic mass is 10.2. The van der Waals surface area contributed by atoms with Crippen molar-refractivity contribution in [3.05, 3.63) is 87.9 Å². The van der Waals surface area contributed by atoms with Crippen LogP contribution in [-0.4, -0.2) is 20.9 Å². The standard InChI is InChI=1S/C21H18BrClN2O3S/c1-15-2-12-20(13-3-15)29(27,28)25(19-10-6-17(23)7-11-19)14-21(26)24-18-8-4-16(22)5-9-18/h2-13H,14H2,1H3,(H,24,26). The van der Waals surface area contributed by atoms with E-state index in [1.807, 2.05) is 6.92 Å². The molecule has 0 saturated carbocycles. The molecule has 5 nitrogen and oxygen atoms in total. The number of benzene rings is 3. The maximum absolute atomic E-state index is 13.3. The van der Waals surface area contributed by atoms with Crippen LogP contribution in [0.1, 0.15) is 5.56 Å². The Balaban J connectivity index is 1.92. The van der Waals surface area contributed by atoms with Gasteiger partial charge in [-0.2, -0.15) is 0 Å². The summed E-state index contributed by atoms with van der Waals surface area (Å²) >= 11 is 9.27. The maximum atomic E-state index is 13.3. The van der Waals surface area contributed by atoms with Crippen molar-refractivity contribution >= 4 is 54.8 Å². The van der Waals surface area contributed by atoms with Gasteiger partial charge in [-0.25, -0.2) is 8.42 Å². The van der Waals surface area contributed by atoms with Gasteiger partial charge in [-0.05, 0) is 67.6 Å². The van der Waals surface area contributed by atoms with E-state index in [1.165, 1.54) is 12.1 Å². The van der Waals surface area contributed by atoms with Crippen LogP contribution in [0, 0.1) is 6.92 Å². The van der Waals surface area contributed by atoms with E-state index in [0.29, 0.717) is 16.4 Å².